The van der Waals surface area contributed by atoms with Crippen molar-refractivity contribution in [3.8, 4) is 0 Å². The van der Waals surface area contributed by atoms with E-state index in [4.69, 9.17) is 0 Å². The Morgan fingerprint density at radius 1 is 0.875 bits per heavy atom. The van der Waals surface area contributed by atoms with Crippen molar-refractivity contribution in [2.75, 3.05) is 0 Å². The van der Waals surface area contributed by atoms with Crippen molar-refractivity contribution < 1.29 is 9.50 Å². The monoisotopic (exact) mass is 216 g/mol. The third-order valence-electron chi connectivity index (χ3n) is 2.58. The van der Waals surface area contributed by atoms with E-state index in [2.05, 4.69) is 0 Å². The zero-order valence-electron chi connectivity index (χ0n) is 9.02. The summed E-state index contributed by atoms with van der Waals surface area (Å²) in [4.78, 5) is 0. The van der Waals surface area contributed by atoms with Crippen molar-refractivity contribution in [2.24, 2.45) is 0 Å². The summed E-state index contributed by atoms with van der Waals surface area (Å²) in [5, 5.41) is 10.1. The zero-order chi connectivity index (χ0) is 11.5. The largest absolute Gasteiger partial charge is 0.384 e. The first-order valence-electron chi connectivity index (χ1n) is 5.17. The molecule has 0 spiro atoms. The highest BCUT2D eigenvalue weighted by atomic mass is 19.1. The summed E-state index contributed by atoms with van der Waals surface area (Å²) in [5.41, 5.74) is 2.66. The van der Waals surface area contributed by atoms with Crippen molar-refractivity contribution >= 4 is 0 Å². The van der Waals surface area contributed by atoms with Gasteiger partial charge in [0, 0.05) is 0 Å². The van der Waals surface area contributed by atoms with Gasteiger partial charge >= 0.3 is 0 Å². The van der Waals surface area contributed by atoms with Crippen molar-refractivity contribution in [1.29, 1.82) is 0 Å². The molecule has 2 aromatic carbocycles. The number of aliphatic hydroxyl groups is 1. The van der Waals surface area contributed by atoms with Gasteiger partial charge in [-0.1, -0.05) is 42.0 Å². The van der Waals surface area contributed by atoms with Gasteiger partial charge in [0.25, 0.3) is 0 Å². The van der Waals surface area contributed by atoms with E-state index in [-0.39, 0.29) is 5.82 Å². The van der Waals surface area contributed by atoms with Crippen molar-refractivity contribution in [3.63, 3.8) is 0 Å². The number of hydrogen-bond donors (Lipinski definition) is 1. The SMILES string of the molecule is Cc1ccc([C@H](O)c2ccc(F)cc2)cc1. The van der Waals surface area contributed by atoms with E-state index in [1.807, 2.05) is 31.2 Å². The minimum atomic E-state index is -0.693. The van der Waals surface area contributed by atoms with E-state index in [9.17, 15) is 9.50 Å². The fourth-order valence-corrected chi connectivity index (χ4v) is 1.59. The van der Waals surface area contributed by atoms with Crippen LogP contribution in [0.15, 0.2) is 48.5 Å². The fourth-order valence-electron chi connectivity index (χ4n) is 1.59. The normalized spacial score (nSPS) is 12.4. The molecule has 0 aliphatic heterocycles. The molecule has 0 aliphatic rings. The van der Waals surface area contributed by atoms with E-state index >= 15 is 0 Å². The number of halogens is 1. The molecule has 0 unspecified atom stereocenters. The molecule has 2 heteroatoms. The lowest BCUT2D eigenvalue weighted by Gasteiger charge is -2.11. The van der Waals surface area contributed by atoms with Gasteiger partial charge in [0.05, 0.1) is 0 Å². The van der Waals surface area contributed by atoms with Crippen LogP contribution in [0, 0.1) is 12.7 Å². The Bertz CT molecular complexity index is 414. The minimum absolute atomic E-state index is 0.292. The van der Waals surface area contributed by atoms with Crippen molar-refractivity contribution in [1.82, 2.24) is 0 Å². The van der Waals surface area contributed by atoms with Crippen LogP contribution < -0.4 is 0 Å². The third kappa shape index (κ3) is 2.28. The van der Waals surface area contributed by atoms with Gasteiger partial charge in [-0.3, -0.25) is 0 Å². The van der Waals surface area contributed by atoms with Gasteiger partial charge in [0.1, 0.15) is 11.9 Å². The lowest BCUT2D eigenvalue weighted by molar-refractivity contribution is 0.220. The van der Waals surface area contributed by atoms with E-state index in [0.29, 0.717) is 5.56 Å². The molecule has 0 radical (unpaired) electrons. The Morgan fingerprint density at radius 2 is 1.31 bits per heavy atom. The molecule has 2 rings (SSSR count). The fraction of sp³-hybridized carbons (Fsp3) is 0.143. The standard InChI is InChI=1S/C14H13FO/c1-10-2-4-11(5-3-10)14(16)12-6-8-13(15)9-7-12/h2-9,14,16H,1H3/t14-/m0/s1. The Labute approximate surface area is 94.2 Å². The maximum absolute atomic E-state index is 12.7. The molecule has 82 valence electrons. The first-order valence-corrected chi connectivity index (χ1v) is 5.17. The molecule has 16 heavy (non-hydrogen) atoms. The predicted molar refractivity (Wildman–Crippen MR) is 61.6 cm³/mol. The molecule has 0 saturated carbocycles. The Kier molecular flexibility index (Phi) is 3.02. The molecular weight excluding hydrogens is 203 g/mol. The summed E-state index contributed by atoms with van der Waals surface area (Å²) >= 11 is 0. The molecule has 2 aromatic rings. The van der Waals surface area contributed by atoms with E-state index < -0.39 is 6.10 Å². The Morgan fingerprint density at radius 3 is 1.81 bits per heavy atom. The lowest BCUT2D eigenvalue weighted by Crippen LogP contribution is -1.99. The topological polar surface area (TPSA) is 20.2 Å². The summed E-state index contributed by atoms with van der Waals surface area (Å²) < 4.78 is 12.7. The van der Waals surface area contributed by atoms with Gasteiger partial charge in [0.15, 0.2) is 0 Å². The summed E-state index contributed by atoms with van der Waals surface area (Å²) in [5.74, 6) is -0.292. The second kappa shape index (κ2) is 4.45. The molecule has 0 bridgehead atoms. The molecular formula is C14H13FO. The molecule has 0 amide bonds. The summed E-state index contributed by atoms with van der Waals surface area (Å²) in [6.07, 6.45) is -0.693. The molecule has 1 atom stereocenters. The number of hydrogen-bond acceptors (Lipinski definition) is 1. The summed E-state index contributed by atoms with van der Waals surface area (Å²) in [6, 6.07) is 13.6. The molecule has 1 nitrogen and oxygen atoms in total. The molecule has 0 fully saturated rings. The van der Waals surface area contributed by atoms with Gasteiger partial charge in [-0.15, -0.1) is 0 Å². The number of aliphatic hydroxyl groups excluding tert-OH is 1. The third-order valence-corrected chi connectivity index (χ3v) is 2.58. The Balaban J connectivity index is 2.28. The van der Waals surface area contributed by atoms with Crippen LogP contribution in [0.1, 0.15) is 22.8 Å². The Hall–Kier alpha value is -1.67. The van der Waals surface area contributed by atoms with Crippen LogP contribution in [-0.2, 0) is 0 Å². The maximum Gasteiger partial charge on any atom is 0.123 e. The maximum atomic E-state index is 12.7. The molecule has 0 aromatic heterocycles. The first-order chi connectivity index (χ1) is 7.66. The minimum Gasteiger partial charge on any atom is -0.384 e. The summed E-state index contributed by atoms with van der Waals surface area (Å²) in [7, 11) is 0. The lowest BCUT2D eigenvalue weighted by atomic mass is 10.0. The zero-order valence-corrected chi connectivity index (χ0v) is 9.02. The molecule has 0 aliphatic carbocycles. The van der Waals surface area contributed by atoms with Crippen molar-refractivity contribution in [2.45, 2.75) is 13.0 Å². The van der Waals surface area contributed by atoms with Crippen molar-refractivity contribution in [3.05, 3.63) is 71.0 Å². The van der Waals surface area contributed by atoms with Gasteiger partial charge < -0.3 is 5.11 Å². The van der Waals surface area contributed by atoms with E-state index in [0.717, 1.165) is 11.1 Å². The molecule has 1 N–H and O–H groups in total. The van der Waals surface area contributed by atoms with Gasteiger partial charge in [0.2, 0.25) is 0 Å². The van der Waals surface area contributed by atoms with Crippen LogP contribution in [0.2, 0.25) is 0 Å². The quantitative estimate of drug-likeness (QED) is 0.817. The van der Waals surface area contributed by atoms with Crippen LogP contribution in [0.25, 0.3) is 0 Å². The highest BCUT2D eigenvalue weighted by molar-refractivity contribution is 5.31. The second-order valence-corrected chi connectivity index (χ2v) is 3.86. The smallest absolute Gasteiger partial charge is 0.123 e. The number of benzene rings is 2. The van der Waals surface area contributed by atoms with Crippen LogP contribution in [0.4, 0.5) is 4.39 Å². The molecule has 0 heterocycles. The van der Waals surface area contributed by atoms with E-state index in [1.54, 1.807) is 12.1 Å². The van der Waals surface area contributed by atoms with E-state index in [1.165, 1.54) is 12.1 Å². The number of rotatable bonds is 2. The number of aryl methyl sites for hydroxylation is 1. The average molecular weight is 216 g/mol. The van der Waals surface area contributed by atoms with Gasteiger partial charge in [-0.2, -0.15) is 0 Å². The first kappa shape index (κ1) is 10.8. The van der Waals surface area contributed by atoms with Crippen LogP contribution >= 0.6 is 0 Å². The van der Waals surface area contributed by atoms with Crippen LogP contribution in [-0.4, -0.2) is 5.11 Å². The van der Waals surface area contributed by atoms with Gasteiger partial charge in [-0.05, 0) is 30.2 Å². The average Bonchev–Trinajstić information content (AvgIpc) is 2.30. The van der Waals surface area contributed by atoms with Crippen LogP contribution in [0.5, 0.6) is 0 Å². The summed E-state index contributed by atoms with van der Waals surface area (Å²) in [6.45, 7) is 1.99. The highest BCUT2D eigenvalue weighted by Gasteiger charge is 2.09. The van der Waals surface area contributed by atoms with Gasteiger partial charge in [-0.25, -0.2) is 4.39 Å². The molecule has 0 saturated heterocycles. The highest BCUT2D eigenvalue weighted by Crippen LogP contribution is 2.22. The van der Waals surface area contributed by atoms with Crippen LogP contribution in [0.3, 0.4) is 0 Å². The predicted octanol–water partition coefficient (Wildman–Crippen LogP) is 3.22. The second-order valence-electron chi connectivity index (χ2n) is 3.86.